The van der Waals surface area contributed by atoms with Crippen LogP contribution >= 0.6 is 11.8 Å². The number of nitrogens with zero attached hydrogens (tertiary/aromatic N) is 1. The lowest BCUT2D eigenvalue weighted by molar-refractivity contribution is -0.127. The van der Waals surface area contributed by atoms with Gasteiger partial charge in [-0.25, -0.2) is 4.79 Å². The Labute approximate surface area is 87.4 Å². The number of nitrogens with two attached hydrogens (primary N) is 1. The second-order valence-corrected chi connectivity index (χ2v) is 4.05. The summed E-state index contributed by atoms with van der Waals surface area (Å²) in [7, 11) is 0. The van der Waals surface area contributed by atoms with Gasteiger partial charge < -0.3 is 11.1 Å². The van der Waals surface area contributed by atoms with Gasteiger partial charge in [-0.1, -0.05) is 0 Å². The SMILES string of the molecule is CSCCC1NC(=O)N(CCN)C1=O. The normalized spacial score (nSPS) is 21.6. The summed E-state index contributed by atoms with van der Waals surface area (Å²) in [6, 6.07) is -0.659. The zero-order valence-electron chi connectivity index (χ0n) is 8.16. The summed E-state index contributed by atoms with van der Waals surface area (Å²) < 4.78 is 0. The minimum Gasteiger partial charge on any atom is -0.329 e. The molecule has 3 amide bonds. The fourth-order valence-corrected chi connectivity index (χ4v) is 1.82. The highest BCUT2D eigenvalue weighted by Gasteiger charge is 2.36. The molecule has 1 fully saturated rings. The fraction of sp³-hybridized carbons (Fsp3) is 0.750. The molecule has 0 saturated carbocycles. The highest BCUT2D eigenvalue weighted by molar-refractivity contribution is 7.98. The Hall–Kier alpha value is -0.750. The molecule has 1 atom stereocenters. The number of rotatable bonds is 5. The molecular formula is C8H15N3O2S. The lowest BCUT2D eigenvalue weighted by atomic mass is 10.2. The number of urea groups is 1. The predicted octanol–water partition coefficient (Wildman–Crippen LogP) is -0.381. The van der Waals surface area contributed by atoms with Crippen LogP contribution < -0.4 is 11.1 Å². The van der Waals surface area contributed by atoms with Crippen LogP contribution in [0.3, 0.4) is 0 Å². The molecular weight excluding hydrogens is 202 g/mol. The molecule has 80 valence electrons. The minimum absolute atomic E-state index is 0.144. The van der Waals surface area contributed by atoms with E-state index in [2.05, 4.69) is 5.32 Å². The monoisotopic (exact) mass is 217 g/mol. The number of thioether (sulfide) groups is 1. The Morgan fingerprint density at radius 2 is 2.29 bits per heavy atom. The van der Waals surface area contributed by atoms with Crippen molar-refractivity contribution in [3.8, 4) is 0 Å². The zero-order valence-corrected chi connectivity index (χ0v) is 8.97. The van der Waals surface area contributed by atoms with Crippen LogP contribution in [0.2, 0.25) is 0 Å². The largest absolute Gasteiger partial charge is 0.329 e. The molecule has 1 aliphatic rings. The predicted molar refractivity (Wildman–Crippen MR) is 56.1 cm³/mol. The third kappa shape index (κ3) is 2.39. The molecule has 0 aliphatic carbocycles. The molecule has 0 spiro atoms. The molecule has 3 N–H and O–H groups in total. The number of amides is 3. The maximum absolute atomic E-state index is 11.6. The Morgan fingerprint density at radius 1 is 1.57 bits per heavy atom. The summed E-state index contributed by atoms with van der Waals surface area (Å²) in [4.78, 5) is 24.1. The molecule has 0 bridgehead atoms. The van der Waals surface area contributed by atoms with E-state index in [0.29, 0.717) is 19.5 Å². The van der Waals surface area contributed by atoms with E-state index in [1.54, 1.807) is 11.8 Å². The zero-order chi connectivity index (χ0) is 10.6. The topological polar surface area (TPSA) is 75.4 Å². The van der Waals surface area contributed by atoms with Gasteiger partial charge in [0.15, 0.2) is 0 Å². The molecule has 1 aliphatic heterocycles. The van der Waals surface area contributed by atoms with Gasteiger partial charge in [-0.05, 0) is 18.4 Å². The van der Waals surface area contributed by atoms with E-state index < -0.39 is 0 Å². The van der Waals surface area contributed by atoms with Crippen LogP contribution in [0.15, 0.2) is 0 Å². The first-order chi connectivity index (χ1) is 6.70. The van der Waals surface area contributed by atoms with Crippen LogP contribution in [0.5, 0.6) is 0 Å². The maximum Gasteiger partial charge on any atom is 0.324 e. The van der Waals surface area contributed by atoms with Crippen LogP contribution in [0.4, 0.5) is 4.79 Å². The lowest BCUT2D eigenvalue weighted by Gasteiger charge is -2.10. The summed E-state index contributed by atoms with van der Waals surface area (Å²) >= 11 is 1.66. The van der Waals surface area contributed by atoms with E-state index >= 15 is 0 Å². The van der Waals surface area contributed by atoms with Crippen molar-refractivity contribution in [1.82, 2.24) is 10.2 Å². The summed E-state index contributed by atoms with van der Waals surface area (Å²) in [6.07, 6.45) is 2.66. The van der Waals surface area contributed by atoms with Gasteiger partial charge in [0, 0.05) is 13.1 Å². The van der Waals surface area contributed by atoms with Gasteiger partial charge in [0.2, 0.25) is 0 Å². The van der Waals surface area contributed by atoms with Crippen molar-refractivity contribution < 1.29 is 9.59 Å². The molecule has 0 aromatic carbocycles. The summed E-state index contributed by atoms with van der Waals surface area (Å²) in [5.74, 6) is 0.724. The van der Waals surface area contributed by atoms with Crippen molar-refractivity contribution in [2.45, 2.75) is 12.5 Å². The fourth-order valence-electron chi connectivity index (χ4n) is 1.35. The van der Waals surface area contributed by atoms with Crippen molar-refractivity contribution in [3.05, 3.63) is 0 Å². The van der Waals surface area contributed by atoms with Gasteiger partial charge in [-0.3, -0.25) is 9.69 Å². The number of imide groups is 1. The van der Waals surface area contributed by atoms with Crippen molar-refractivity contribution in [2.75, 3.05) is 25.1 Å². The van der Waals surface area contributed by atoms with Gasteiger partial charge in [0.05, 0.1) is 0 Å². The van der Waals surface area contributed by atoms with Gasteiger partial charge >= 0.3 is 6.03 Å². The van der Waals surface area contributed by atoms with E-state index in [4.69, 9.17) is 5.73 Å². The van der Waals surface area contributed by atoms with E-state index in [0.717, 1.165) is 5.75 Å². The van der Waals surface area contributed by atoms with E-state index in [1.165, 1.54) is 4.90 Å². The third-order valence-electron chi connectivity index (χ3n) is 2.07. The van der Waals surface area contributed by atoms with Crippen LogP contribution in [-0.2, 0) is 4.79 Å². The Bertz CT molecular complexity index is 235. The quantitative estimate of drug-likeness (QED) is 0.615. The Balaban J connectivity index is 2.51. The van der Waals surface area contributed by atoms with E-state index in [9.17, 15) is 9.59 Å². The highest BCUT2D eigenvalue weighted by atomic mass is 32.2. The van der Waals surface area contributed by atoms with Crippen LogP contribution in [0.25, 0.3) is 0 Å². The molecule has 0 aromatic heterocycles. The molecule has 14 heavy (non-hydrogen) atoms. The van der Waals surface area contributed by atoms with Crippen LogP contribution in [0.1, 0.15) is 6.42 Å². The molecule has 1 rings (SSSR count). The van der Waals surface area contributed by atoms with Crippen LogP contribution in [-0.4, -0.2) is 48.0 Å². The van der Waals surface area contributed by atoms with Crippen molar-refractivity contribution >= 4 is 23.7 Å². The number of nitrogens with one attached hydrogen (secondary N) is 1. The average molecular weight is 217 g/mol. The molecule has 1 unspecified atom stereocenters. The first-order valence-electron chi connectivity index (χ1n) is 4.51. The second-order valence-electron chi connectivity index (χ2n) is 3.06. The number of carbonyl (C=O) groups excluding carboxylic acids is 2. The van der Waals surface area contributed by atoms with Crippen LogP contribution in [0, 0.1) is 0 Å². The second kappa shape index (κ2) is 5.21. The van der Waals surface area contributed by atoms with Gasteiger partial charge in [-0.2, -0.15) is 11.8 Å². The van der Waals surface area contributed by atoms with Crippen molar-refractivity contribution in [3.63, 3.8) is 0 Å². The lowest BCUT2D eigenvalue weighted by Crippen LogP contribution is -2.35. The Kier molecular flexibility index (Phi) is 4.21. The summed E-state index contributed by atoms with van der Waals surface area (Å²) in [5, 5.41) is 2.64. The molecule has 1 saturated heterocycles. The standard InChI is InChI=1S/C8H15N3O2S/c1-14-5-2-6-7(12)11(4-3-9)8(13)10-6/h6H,2-5,9H2,1H3,(H,10,13). The Morgan fingerprint density at radius 3 is 2.86 bits per heavy atom. The number of hydrogen-bond acceptors (Lipinski definition) is 4. The molecule has 1 heterocycles. The van der Waals surface area contributed by atoms with Gasteiger partial charge in [-0.15, -0.1) is 0 Å². The van der Waals surface area contributed by atoms with Gasteiger partial charge in [0.1, 0.15) is 6.04 Å². The summed E-state index contributed by atoms with van der Waals surface area (Å²) in [6.45, 7) is 0.620. The number of carbonyl (C=O) groups is 2. The first kappa shape index (κ1) is 11.3. The van der Waals surface area contributed by atoms with E-state index in [-0.39, 0.29) is 18.0 Å². The van der Waals surface area contributed by atoms with Gasteiger partial charge in [0.25, 0.3) is 5.91 Å². The summed E-state index contributed by atoms with van der Waals surface area (Å²) in [5.41, 5.74) is 5.30. The average Bonchev–Trinajstić information content (AvgIpc) is 2.43. The maximum atomic E-state index is 11.6. The minimum atomic E-state index is -0.346. The molecule has 0 aromatic rings. The molecule has 6 heteroatoms. The smallest absolute Gasteiger partial charge is 0.324 e. The van der Waals surface area contributed by atoms with Crippen molar-refractivity contribution in [2.24, 2.45) is 5.73 Å². The number of hydrogen-bond donors (Lipinski definition) is 2. The third-order valence-corrected chi connectivity index (χ3v) is 2.71. The highest BCUT2D eigenvalue weighted by Crippen LogP contribution is 2.10. The van der Waals surface area contributed by atoms with E-state index in [1.807, 2.05) is 6.26 Å². The van der Waals surface area contributed by atoms with Crippen molar-refractivity contribution in [1.29, 1.82) is 0 Å². The molecule has 0 radical (unpaired) electrons. The molecule has 5 nitrogen and oxygen atoms in total. The first-order valence-corrected chi connectivity index (χ1v) is 5.91.